The van der Waals surface area contributed by atoms with Crippen molar-refractivity contribution in [1.29, 1.82) is 0 Å². The van der Waals surface area contributed by atoms with Crippen LogP contribution in [0.5, 0.6) is 0 Å². The summed E-state index contributed by atoms with van der Waals surface area (Å²) in [7, 11) is -3.96. The Morgan fingerprint density at radius 1 is 0.966 bits per heavy atom. The highest BCUT2D eigenvalue weighted by Crippen LogP contribution is 2.30. The molecule has 0 aromatic heterocycles. The van der Waals surface area contributed by atoms with E-state index in [4.69, 9.17) is 23.2 Å². The van der Waals surface area contributed by atoms with E-state index in [1.54, 1.807) is 35.2 Å². The number of sulfonamides is 1. The van der Waals surface area contributed by atoms with Gasteiger partial charge in [0.05, 0.1) is 20.6 Å². The van der Waals surface area contributed by atoms with E-state index in [0.29, 0.717) is 23.8 Å². The molecule has 0 saturated carbocycles. The number of hydrogen-bond donors (Lipinski definition) is 0. The summed E-state index contributed by atoms with van der Waals surface area (Å²) in [5.41, 5.74) is 1.26. The number of nitrogens with zero attached hydrogens (tertiary/aromatic N) is 2. The van der Waals surface area contributed by atoms with Gasteiger partial charge in [-0.3, -0.25) is 9.10 Å². The molecule has 2 aromatic rings. The highest BCUT2D eigenvalue weighted by molar-refractivity contribution is 7.92. The van der Waals surface area contributed by atoms with Crippen molar-refractivity contribution in [3.8, 4) is 0 Å². The highest BCUT2D eigenvalue weighted by atomic mass is 35.5. The molecule has 0 bridgehead atoms. The van der Waals surface area contributed by atoms with Crippen LogP contribution in [0.15, 0.2) is 47.4 Å². The minimum Gasteiger partial charge on any atom is -0.341 e. The molecule has 1 amide bonds. The van der Waals surface area contributed by atoms with Gasteiger partial charge < -0.3 is 4.90 Å². The SMILES string of the molecule is Cc1ccc(S(=O)(=O)N(CC(=O)N2CCCCCC2)c2ccc(Cl)c(Cl)c2)cc1. The minimum absolute atomic E-state index is 0.123. The third-order valence-corrected chi connectivity index (χ3v) is 7.56. The zero-order valence-electron chi connectivity index (χ0n) is 16.3. The van der Waals surface area contributed by atoms with Crippen LogP contribution in [-0.2, 0) is 14.8 Å². The van der Waals surface area contributed by atoms with Crippen molar-refractivity contribution in [1.82, 2.24) is 4.90 Å². The number of carbonyl (C=O) groups excluding carboxylic acids is 1. The monoisotopic (exact) mass is 454 g/mol. The van der Waals surface area contributed by atoms with Crippen molar-refractivity contribution in [3.63, 3.8) is 0 Å². The third kappa shape index (κ3) is 5.24. The molecule has 5 nitrogen and oxygen atoms in total. The average Bonchev–Trinajstić information content (AvgIpc) is 2.98. The number of amides is 1. The summed E-state index contributed by atoms with van der Waals surface area (Å²) in [6.07, 6.45) is 4.04. The highest BCUT2D eigenvalue weighted by Gasteiger charge is 2.29. The lowest BCUT2D eigenvalue weighted by Crippen LogP contribution is -2.43. The molecule has 0 spiro atoms. The molecular formula is C21H24Cl2N2O3S. The molecule has 3 rings (SSSR count). The first-order valence-electron chi connectivity index (χ1n) is 9.61. The first-order chi connectivity index (χ1) is 13.8. The second-order valence-corrected chi connectivity index (χ2v) is 9.89. The molecule has 29 heavy (non-hydrogen) atoms. The Hall–Kier alpha value is -1.76. The fraction of sp³-hybridized carbons (Fsp3) is 0.381. The standard InChI is InChI=1S/C21H24Cl2N2O3S/c1-16-6-9-18(10-7-16)29(27,28)25(17-8-11-19(22)20(23)14-17)15-21(26)24-12-4-2-3-5-13-24/h6-11,14H,2-5,12-13,15H2,1H3. The molecule has 0 atom stereocenters. The van der Waals surface area contributed by atoms with Crippen LogP contribution in [-0.4, -0.2) is 38.9 Å². The molecule has 0 aliphatic carbocycles. The van der Waals surface area contributed by atoms with Gasteiger partial charge in [0.15, 0.2) is 0 Å². The lowest BCUT2D eigenvalue weighted by atomic mass is 10.2. The zero-order valence-corrected chi connectivity index (χ0v) is 18.6. The number of rotatable bonds is 5. The first kappa shape index (κ1) is 21.9. The van der Waals surface area contributed by atoms with Gasteiger partial charge in [-0.15, -0.1) is 0 Å². The van der Waals surface area contributed by atoms with E-state index in [1.807, 2.05) is 6.92 Å². The lowest BCUT2D eigenvalue weighted by Gasteiger charge is -2.28. The van der Waals surface area contributed by atoms with E-state index in [9.17, 15) is 13.2 Å². The maximum atomic E-state index is 13.4. The number of anilines is 1. The maximum Gasteiger partial charge on any atom is 0.264 e. The normalized spacial score (nSPS) is 15.1. The molecule has 0 unspecified atom stereocenters. The van der Waals surface area contributed by atoms with Crippen molar-refractivity contribution in [2.75, 3.05) is 23.9 Å². The van der Waals surface area contributed by atoms with Gasteiger partial charge in [-0.25, -0.2) is 8.42 Å². The maximum absolute atomic E-state index is 13.4. The number of likely N-dealkylation sites (tertiary alicyclic amines) is 1. The second kappa shape index (κ2) is 9.37. The Bertz CT molecular complexity index is 970. The van der Waals surface area contributed by atoms with Crippen molar-refractivity contribution < 1.29 is 13.2 Å². The fourth-order valence-electron chi connectivity index (χ4n) is 3.34. The van der Waals surface area contributed by atoms with Crippen LogP contribution >= 0.6 is 23.2 Å². The number of aryl methyl sites for hydroxylation is 1. The smallest absolute Gasteiger partial charge is 0.264 e. The van der Waals surface area contributed by atoms with Crippen LogP contribution in [0.25, 0.3) is 0 Å². The molecule has 0 radical (unpaired) electrons. The summed E-state index contributed by atoms with van der Waals surface area (Å²) in [5, 5.41) is 0.553. The van der Waals surface area contributed by atoms with Crippen molar-refractivity contribution in [2.45, 2.75) is 37.5 Å². The summed E-state index contributed by atoms with van der Waals surface area (Å²) in [5.74, 6) is -0.214. The summed E-state index contributed by atoms with van der Waals surface area (Å²) < 4.78 is 27.9. The van der Waals surface area contributed by atoms with Gasteiger partial charge in [-0.2, -0.15) is 0 Å². The van der Waals surface area contributed by atoms with Crippen molar-refractivity contribution in [2.24, 2.45) is 0 Å². The Morgan fingerprint density at radius 3 is 2.17 bits per heavy atom. The zero-order chi connectivity index (χ0) is 21.0. The Labute approximate surface area is 182 Å². The Morgan fingerprint density at radius 2 is 1.59 bits per heavy atom. The van der Waals surface area contributed by atoms with Crippen molar-refractivity contribution in [3.05, 3.63) is 58.1 Å². The second-order valence-electron chi connectivity index (χ2n) is 7.22. The van der Waals surface area contributed by atoms with Gasteiger partial charge in [-0.05, 0) is 50.1 Å². The fourth-order valence-corrected chi connectivity index (χ4v) is 5.03. The van der Waals surface area contributed by atoms with E-state index in [1.165, 1.54) is 12.1 Å². The molecule has 2 aromatic carbocycles. The quantitative estimate of drug-likeness (QED) is 0.645. The van der Waals surface area contributed by atoms with Gasteiger partial charge in [0, 0.05) is 13.1 Å². The van der Waals surface area contributed by atoms with E-state index < -0.39 is 10.0 Å². The van der Waals surface area contributed by atoms with Crippen LogP contribution in [0.3, 0.4) is 0 Å². The summed E-state index contributed by atoms with van der Waals surface area (Å²) in [6.45, 7) is 2.90. The molecular weight excluding hydrogens is 431 g/mol. The summed E-state index contributed by atoms with van der Waals surface area (Å²) >= 11 is 12.1. The van der Waals surface area contributed by atoms with Crippen LogP contribution in [0.2, 0.25) is 10.0 Å². The number of benzene rings is 2. The molecule has 8 heteroatoms. The van der Waals surface area contributed by atoms with E-state index in [0.717, 1.165) is 35.6 Å². The van der Waals surface area contributed by atoms with Gasteiger partial charge >= 0.3 is 0 Å². The summed E-state index contributed by atoms with van der Waals surface area (Å²) in [6, 6.07) is 11.1. The average molecular weight is 455 g/mol. The topological polar surface area (TPSA) is 57.7 Å². The molecule has 1 aliphatic rings. The van der Waals surface area contributed by atoms with Crippen LogP contribution in [0.4, 0.5) is 5.69 Å². The lowest BCUT2D eigenvalue weighted by molar-refractivity contribution is -0.129. The van der Waals surface area contributed by atoms with Crippen LogP contribution < -0.4 is 4.31 Å². The predicted octanol–water partition coefficient (Wildman–Crippen LogP) is 4.90. The van der Waals surface area contributed by atoms with E-state index in [-0.39, 0.29) is 22.4 Å². The molecule has 1 fully saturated rings. The summed E-state index contributed by atoms with van der Waals surface area (Å²) in [4.78, 5) is 14.9. The Kier molecular flexibility index (Phi) is 7.09. The number of carbonyl (C=O) groups is 1. The van der Waals surface area contributed by atoms with Gasteiger partial charge in [0.2, 0.25) is 5.91 Å². The molecule has 0 N–H and O–H groups in total. The van der Waals surface area contributed by atoms with E-state index in [2.05, 4.69) is 0 Å². The molecule has 1 saturated heterocycles. The van der Waals surface area contributed by atoms with Crippen molar-refractivity contribution >= 4 is 44.8 Å². The number of hydrogen-bond acceptors (Lipinski definition) is 3. The van der Waals surface area contributed by atoms with Crippen LogP contribution in [0.1, 0.15) is 31.2 Å². The molecule has 1 aliphatic heterocycles. The predicted molar refractivity (Wildman–Crippen MR) is 117 cm³/mol. The third-order valence-electron chi connectivity index (χ3n) is 5.04. The number of halogens is 2. The minimum atomic E-state index is -3.96. The van der Waals surface area contributed by atoms with Gasteiger partial charge in [0.25, 0.3) is 10.0 Å². The van der Waals surface area contributed by atoms with E-state index >= 15 is 0 Å². The van der Waals surface area contributed by atoms with Gasteiger partial charge in [-0.1, -0.05) is 53.7 Å². The van der Waals surface area contributed by atoms with Gasteiger partial charge in [0.1, 0.15) is 6.54 Å². The molecule has 1 heterocycles. The largest absolute Gasteiger partial charge is 0.341 e. The first-order valence-corrected chi connectivity index (χ1v) is 11.8. The Balaban J connectivity index is 1.98. The van der Waals surface area contributed by atoms with Crippen LogP contribution in [0, 0.1) is 6.92 Å². The molecule has 156 valence electrons.